The third kappa shape index (κ3) is 2.85. The van der Waals surface area contributed by atoms with Crippen molar-refractivity contribution in [1.82, 2.24) is 15.1 Å². The third-order valence-corrected chi connectivity index (χ3v) is 2.76. The van der Waals surface area contributed by atoms with Crippen molar-refractivity contribution < 1.29 is 9.59 Å². The fraction of sp³-hybridized carbons (Fsp3) is 0.214. The zero-order chi connectivity index (χ0) is 14.5. The van der Waals surface area contributed by atoms with Gasteiger partial charge in [-0.2, -0.15) is 5.10 Å². The first-order valence-electron chi connectivity index (χ1n) is 6.33. The Hall–Kier alpha value is -2.63. The van der Waals surface area contributed by atoms with Crippen molar-refractivity contribution in [1.29, 1.82) is 0 Å². The van der Waals surface area contributed by atoms with Crippen LogP contribution in [0.25, 0.3) is 5.69 Å². The number of aromatic nitrogens is 2. The van der Waals surface area contributed by atoms with Crippen LogP contribution in [0.1, 0.15) is 23.8 Å². The Kier molecular flexibility index (Phi) is 4.14. The number of carbonyl (C=O) groups excluding carboxylic acids is 2. The van der Waals surface area contributed by atoms with Crippen molar-refractivity contribution in [3.63, 3.8) is 0 Å². The number of nitrogens with one attached hydrogen (secondary N) is 2. The van der Waals surface area contributed by atoms with Gasteiger partial charge in [0.1, 0.15) is 5.82 Å². The average molecular weight is 272 g/mol. The Balaban J connectivity index is 2.45. The van der Waals surface area contributed by atoms with Gasteiger partial charge >= 0.3 is 0 Å². The predicted octanol–water partition coefficient (Wildman–Crippen LogP) is 1.58. The van der Waals surface area contributed by atoms with E-state index in [1.54, 1.807) is 13.0 Å². The van der Waals surface area contributed by atoms with E-state index < -0.39 is 0 Å². The Morgan fingerprint density at radius 3 is 2.55 bits per heavy atom. The molecule has 1 aromatic carbocycles. The monoisotopic (exact) mass is 272 g/mol. The molecule has 0 fully saturated rings. The van der Waals surface area contributed by atoms with Crippen molar-refractivity contribution in [3.8, 4) is 5.69 Å². The lowest BCUT2D eigenvalue weighted by atomic mass is 10.3. The summed E-state index contributed by atoms with van der Waals surface area (Å²) in [5.74, 6) is 0.0406. The minimum absolute atomic E-state index is 0.134. The van der Waals surface area contributed by atoms with Crippen molar-refractivity contribution >= 4 is 17.6 Å². The minimum atomic E-state index is -0.299. The van der Waals surface area contributed by atoms with Gasteiger partial charge in [0.15, 0.2) is 5.69 Å². The first-order valence-corrected chi connectivity index (χ1v) is 6.33. The number of para-hydroxylation sites is 1. The van der Waals surface area contributed by atoms with Gasteiger partial charge in [0.25, 0.3) is 5.91 Å². The third-order valence-electron chi connectivity index (χ3n) is 2.76. The van der Waals surface area contributed by atoms with Crippen LogP contribution in [0.4, 0.5) is 5.82 Å². The van der Waals surface area contributed by atoms with E-state index in [2.05, 4.69) is 15.7 Å². The first-order chi connectivity index (χ1) is 9.65. The molecule has 0 spiro atoms. The van der Waals surface area contributed by atoms with Crippen molar-refractivity contribution in [2.45, 2.75) is 13.3 Å². The summed E-state index contributed by atoms with van der Waals surface area (Å²) in [6, 6.07) is 10.9. The summed E-state index contributed by atoms with van der Waals surface area (Å²) in [6.07, 6.45) is 0.356. The van der Waals surface area contributed by atoms with Crippen LogP contribution in [0.3, 0.4) is 0 Å². The van der Waals surface area contributed by atoms with Gasteiger partial charge in [0, 0.05) is 19.5 Å². The summed E-state index contributed by atoms with van der Waals surface area (Å²) in [4.78, 5) is 23.2. The van der Waals surface area contributed by atoms with E-state index in [1.807, 2.05) is 30.3 Å². The molecule has 0 aliphatic heterocycles. The molecule has 0 aliphatic carbocycles. The molecule has 0 saturated carbocycles. The Morgan fingerprint density at radius 1 is 1.25 bits per heavy atom. The number of benzene rings is 1. The molecule has 2 aromatic rings. The molecule has 0 radical (unpaired) electrons. The smallest absolute Gasteiger partial charge is 0.271 e. The highest BCUT2D eigenvalue weighted by atomic mass is 16.2. The number of hydrogen-bond donors (Lipinski definition) is 2. The molecule has 0 aliphatic rings. The number of anilines is 1. The van der Waals surface area contributed by atoms with Crippen LogP contribution in [-0.2, 0) is 4.79 Å². The highest BCUT2D eigenvalue weighted by Gasteiger charge is 2.15. The van der Waals surface area contributed by atoms with Crippen LogP contribution in [0.5, 0.6) is 0 Å². The fourth-order valence-electron chi connectivity index (χ4n) is 1.71. The molecule has 0 saturated heterocycles. The molecule has 6 nitrogen and oxygen atoms in total. The summed E-state index contributed by atoms with van der Waals surface area (Å²) in [5.41, 5.74) is 1.02. The van der Waals surface area contributed by atoms with E-state index in [9.17, 15) is 9.59 Å². The lowest BCUT2D eigenvalue weighted by Gasteiger charge is -2.07. The maximum atomic E-state index is 11.7. The number of rotatable bonds is 4. The Morgan fingerprint density at radius 2 is 1.95 bits per heavy atom. The zero-order valence-corrected chi connectivity index (χ0v) is 11.4. The minimum Gasteiger partial charge on any atom is -0.354 e. The van der Waals surface area contributed by atoms with Crippen molar-refractivity contribution in [2.24, 2.45) is 0 Å². The van der Waals surface area contributed by atoms with Crippen molar-refractivity contribution in [3.05, 3.63) is 42.1 Å². The van der Waals surface area contributed by atoms with Gasteiger partial charge in [-0.25, -0.2) is 4.68 Å². The second-order valence-electron chi connectivity index (χ2n) is 4.14. The fourth-order valence-corrected chi connectivity index (χ4v) is 1.71. The average Bonchev–Trinajstić information content (AvgIpc) is 2.91. The number of carbonyl (C=O) groups is 2. The molecular weight excluding hydrogens is 256 g/mol. The molecule has 0 unspecified atom stereocenters. The highest BCUT2D eigenvalue weighted by molar-refractivity contribution is 5.95. The lowest BCUT2D eigenvalue weighted by Crippen LogP contribution is -2.18. The Bertz CT molecular complexity index is 619. The molecule has 6 heteroatoms. The second kappa shape index (κ2) is 6.01. The largest absolute Gasteiger partial charge is 0.354 e. The number of hydrogen-bond acceptors (Lipinski definition) is 3. The molecule has 0 bridgehead atoms. The normalized spacial score (nSPS) is 10.1. The molecular formula is C14H16N4O2. The second-order valence-corrected chi connectivity index (χ2v) is 4.14. The first kappa shape index (κ1) is 13.8. The summed E-state index contributed by atoms with van der Waals surface area (Å²) in [7, 11) is 1.54. The molecule has 0 atom stereocenters. The van der Waals surface area contributed by atoms with Gasteiger partial charge in [0.2, 0.25) is 5.91 Å². The topological polar surface area (TPSA) is 76.0 Å². The SMILES string of the molecule is CCC(=O)Nc1cc(C(=O)NC)nn1-c1ccccc1. The van der Waals surface area contributed by atoms with Gasteiger partial charge in [0.05, 0.1) is 5.69 Å². The zero-order valence-electron chi connectivity index (χ0n) is 11.4. The summed E-state index contributed by atoms with van der Waals surface area (Å²) in [5, 5.41) is 9.48. The summed E-state index contributed by atoms with van der Waals surface area (Å²) < 4.78 is 1.54. The van der Waals surface area contributed by atoms with E-state index >= 15 is 0 Å². The summed E-state index contributed by atoms with van der Waals surface area (Å²) >= 11 is 0. The van der Waals surface area contributed by atoms with E-state index in [-0.39, 0.29) is 17.5 Å². The standard InChI is InChI=1S/C14H16N4O2/c1-3-13(19)16-12-9-11(14(20)15-2)17-18(12)10-7-5-4-6-8-10/h4-9H,3H2,1-2H3,(H,15,20)(H,16,19). The van der Waals surface area contributed by atoms with Gasteiger partial charge in [-0.1, -0.05) is 25.1 Å². The van der Waals surface area contributed by atoms with Crippen molar-refractivity contribution in [2.75, 3.05) is 12.4 Å². The molecule has 20 heavy (non-hydrogen) atoms. The van der Waals surface area contributed by atoms with Crippen LogP contribution in [-0.4, -0.2) is 28.6 Å². The van der Waals surface area contributed by atoms with Crippen LogP contribution in [0.15, 0.2) is 36.4 Å². The quantitative estimate of drug-likeness (QED) is 0.887. The molecule has 1 aromatic heterocycles. The lowest BCUT2D eigenvalue weighted by molar-refractivity contribution is -0.115. The number of nitrogens with zero attached hydrogens (tertiary/aromatic N) is 2. The van der Waals surface area contributed by atoms with Crippen LogP contribution in [0, 0.1) is 0 Å². The molecule has 1 heterocycles. The van der Waals surface area contributed by atoms with Crippen LogP contribution in [0.2, 0.25) is 0 Å². The molecule has 2 rings (SSSR count). The Labute approximate surface area is 116 Å². The van der Waals surface area contributed by atoms with Gasteiger partial charge in [-0.15, -0.1) is 0 Å². The molecule has 104 valence electrons. The maximum absolute atomic E-state index is 11.7. The molecule has 2 N–H and O–H groups in total. The van der Waals surface area contributed by atoms with Crippen LogP contribution < -0.4 is 10.6 Å². The maximum Gasteiger partial charge on any atom is 0.271 e. The van der Waals surface area contributed by atoms with E-state index in [4.69, 9.17) is 0 Å². The van der Waals surface area contributed by atoms with E-state index in [0.717, 1.165) is 5.69 Å². The summed E-state index contributed by atoms with van der Waals surface area (Å²) in [6.45, 7) is 1.76. The van der Waals surface area contributed by atoms with E-state index in [1.165, 1.54) is 11.7 Å². The predicted molar refractivity (Wildman–Crippen MR) is 75.9 cm³/mol. The van der Waals surface area contributed by atoms with Gasteiger partial charge < -0.3 is 10.6 Å². The molecule has 2 amide bonds. The van der Waals surface area contributed by atoms with Gasteiger partial charge in [-0.3, -0.25) is 9.59 Å². The number of amides is 2. The van der Waals surface area contributed by atoms with E-state index in [0.29, 0.717) is 12.2 Å². The highest BCUT2D eigenvalue weighted by Crippen LogP contribution is 2.17. The van der Waals surface area contributed by atoms with Crippen LogP contribution >= 0.6 is 0 Å². The van der Waals surface area contributed by atoms with Gasteiger partial charge in [-0.05, 0) is 12.1 Å².